The minimum atomic E-state index is 0. The van der Waals surface area contributed by atoms with Crippen LogP contribution in [-0.2, 0) is 12.8 Å². The van der Waals surface area contributed by atoms with E-state index in [4.69, 9.17) is 11.6 Å². The van der Waals surface area contributed by atoms with Crippen LogP contribution in [0.4, 0.5) is 5.69 Å². The summed E-state index contributed by atoms with van der Waals surface area (Å²) in [6.07, 6.45) is 2.11. The number of halogens is 2. The van der Waals surface area contributed by atoms with Crippen molar-refractivity contribution < 1.29 is 0 Å². The highest BCUT2D eigenvalue weighted by atomic mass is 35.5. The van der Waals surface area contributed by atoms with Gasteiger partial charge in [0.1, 0.15) is 0 Å². The molecule has 1 heterocycles. The first-order valence-electron chi connectivity index (χ1n) is 5.01. The van der Waals surface area contributed by atoms with Gasteiger partial charge in [-0.2, -0.15) is 0 Å². The Morgan fingerprint density at radius 1 is 1.27 bits per heavy atom. The summed E-state index contributed by atoms with van der Waals surface area (Å²) >= 11 is 6.31. The molecule has 2 N–H and O–H groups in total. The molecule has 0 amide bonds. The summed E-state index contributed by atoms with van der Waals surface area (Å²) in [4.78, 5) is 0. The fourth-order valence-corrected chi connectivity index (χ4v) is 2.29. The minimum absolute atomic E-state index is 0. The Balaban J connectivity index is 0.00000112. The Hall–Kier alpha value is -0.440. The van der Waals surface area contributed by atoms with E-state index in [2.05, 4.69) is 22.8 Å². The van der Waals surface area contributed by atoms with Crippen LogP contribution < -0.4 is 10.6 Å². The van der Waals surface area contributed by atoms with E-state index in [9.17, 15) is 0 Å². The average Bonchev–Trinajstić information content (AvgIpc) is 2.44. The van der Waals surface area contributed by atoms with Gasteiger partial charge in [-0.1, -0.05) is 17.7 Å². The minimum Gasteiger partial charge on any atom is -0.387 e. The van der Waals surface area contributed by atoms with Crippen molar-refractivity contribution in [2.45, 2.75) is 12.8 Å². The molecule has 0 saturated heterocycles. The van der Waals surface area contributed by atoms with Crippen molar-refractivity contribution in [3.05, 3.63) is 28.3 Å². The average molecular weight is 247 g/mol. The van der Waals surface area contributed by atoms with Gasteiger partial charge in [-0.25, -0.2) is 0 Å². The van der Waals surface area contributed by atoms with Crippen LogP contribution in [0.2, 0.25) is 5.02 Å². The molecule has 0 aliphatic carbocycles. The van der Waals surface area contributed by atoms with Gasteiger partial charge in [0.15, 0.2) is 0 Å². The molecule has 0 spiro atoms. The standard InChI is InChI=1S/C11H15ClN2.ClH/c1-13-10-3-2-8-4-6-14-7-5-9(8)11(10)12;/h2-3,13-14H,4-7H2,1H3;1H. The Bertz CT molecular complexity index is 340. The lowest BCUT2D eigenvalue weighted by Crippen LogP contribution is -2.16. The van der Waals surface area contributed by atoms with Crippen LogP contribution in [-0.4, -0.2) is 20.1 Å². The van der Waals surface area contributed by atoms with Crippen molar-refractivity contribution in [3.63, 3.8) is 0 Å². The monoisotopic (exact) mass is 246 g/mol. The van der Waals surface area contributed by atoms with Crippen LogP contribution >= 0.6 is 24.0 Å². The number of anilines is 1. The van der Waals surface area contributed by atoms with Gasteiger partial charge < -0.3 is 10.6 Å². The van der Waals surface area contributed by atoms with Crippen molar-refractivity contribution >= 4 is 29.7 Å². The largest absolute Gasteiger partial charge is 0.387 e. The normalized spacial score (nSPS) is 14.8. The molecule has 1 aliphatic heterocycles. The predicted octanol–water partition coefficient (Wildman–Crippen LogP) is 2.49. The van der Waals surface area contributed by atoms with E-state index < -0.39 is 0 Å². The Morgan fingerprint density at radius 3 is 2.73 bits per heavy atom. The topological polar surface area (TPSA) is 24.1 Å². The molecule has 2 rings (SSSR count). The van der Waals surface area contributed by atoms with Gasteiger partial charge in [-0.3, -0.25) is 0 Å². The molecular weight excluding hydrogens is 231 g/mol. The zero-order chi connectivity index (χ0) is 9.97. The number of benzene rings is 1. The van der Waals surface area contributed by atoms with Gasteiger partial charge in [0.2, 0.25) is 0 Å². The van der Waals surface area contributed by atoms with Crippen LogP contribution in [0.15, 0.2) is 12.1 Å². The van der Waals surface area contributed by atoms with Gasteiger partial charge in [0, 0.05) is 7.05 Å². The molecule has 84 valence electrons. The smallest absolute Gasteiger partial charge is 0.0672 e. The molecule has 2 nitrogen and oxygen atoms in total. The SMILES string of the molecule is CNc1ccc2c(c1Cl)CCNCC2.Cl. The van der Waals surface area contributed by atoms with Crippen LogP contribution in [0.5, 0.6) is 0 Å². The molecular formula is C11H16Cl2N2. The van der Waals surface area contributed by atoms with E-state index in [1.54, 1.807) is 0 Å². The van der Waals surface area contributed by atoms with E-state index >= 15 is 0 Å². The van der Waals surface area contributed by atoms with Crippen LogP contribution in [0.3, 0.4) is 0 Å². The van der Waals surface area contributed by atoms with Crippen LogP contribution in [0, 0.1) is 0 Å². The van der Waals surface area contributed by atoms with Gasteiger partial charge in [0.05, 0.1) is 10.7 Å². The van der Waals surface area contributed by atoms with E-state index in [1.165, 1.54) is 11.1 Å². The van der Waals surface area contributed by atoms with Crippen molar-refractivity contribution in [3.8, 4) is 0 Å². The number of rotatable bonds is 1. The second kappa shape index (κ2) is 5.59. The third kappa shape index (κ3) is 2.57. The zero-order valence-corrected chi connectivity index (χ0v) is 10.3. The van der Waals surface area contributed by atoms with E-state index in [0.29, 0.717) is 0 Å². The lowest BCUT2D eigenvalue weighted by molar-refractivity contribution is 0.711. The highest BCUT2D eigenvalue weighted by Gasteiger charge is 2.12. The summed E-state index contributed by atoms with van der Waals surface area (Å²) in [5.41, 5.74) is 3.73. The highest BCUT2D eigenvalue weighted by molar-refractivity contribution is 6.34. The number of hydrogen-bond donors (Lipinski definition) is 2. The summed E-state index contributed by atoms with van der Waals surface area (Å²) in [5.74, 6) is 0. The summed E-state index contributed by atoms with van der Waals surface area (Å²) < 4.78 is 0. The molecule has 0 saturated carbocycles. The summed E-state index contributed by atoms with van der Waals surface area (Å²) in [6.45, 7) is 2.09. The maximum atomic E-state index is 6.31. The maximum Gasteiger partial charge on any atom is 0.0672 e. The first-order chi connectivity index (χ1) is 6.83. The summed E-state index contributed by atoms with van der Waals surface area (Å²) in [5, 5.41) is 7.39. The first kappa shape index (κ1) is 12.6. The fourth-order valence-electron chi connectivity index (χ4n) is 1.92. The molecule has 1 aliphatic rings. The molecule has 4 heteroatoms. The second-order valence-electron chi connectivity index (χ2n) is 3.56. The Labute approximate surface area is 102 Å². The van der Waals surface area contributed by atoms with E-state index in [0.717, 1.165) is 36.6 Å². The number of fused-ring (bicyclic) bond motifs is 1. The highest BCUT2D eigenvalue weighted by Crippen LogP contribution is 2.29. The molecule has 0 bridgehead atoms. The maximum absolute atomic E-state index is 6.31. The summed E-state index contributed by atoms with van der Waals surface area (Å²) in [7, 11) is 1.91. The molecule has 0 atom stereocenters. The molecule has 0 radical (unpaired) electrons. The molecule has 1 aromatic carbocycles. The molecule has 15 heavy (non-hydrogen) atoms. The van der Waals surface area contributed by atoms with Gasteiger partial charge in [0.25, 0.3) is 0 Å². The molecule has 0 unspecified atom stereocenters. The predicted molar refractivity (Wildman–Crippen MR) is 68.5 cm³/mol. The quantitative estimate of drug-likeness (QED) is 0.796. The van der Waals surface area contributed by atoms with E-state index in [-0.39, 0.29) is 12.4 Å². The van der Waals surface area contributed by atoms with Crippen molar-refractivity contribution in [1.82, 2.24) is 5.32 Å². The van der Waals surface area contributed by atoms with Crippen molar-refractivity contribution in [2.75, 3.05) is 25.5 Å². The Kier molecular flexibility index (Phi) is 4.71. The second-order valence-corrected chi connectivity index (χ2v) is 3.94. The fraction of sp³-hybridized carbons (Fsp3) is 0.455. The zero-order valence-electron chi connectivity index (χ0n) is 8.77. The van der Waals surface area contributed by atoms with Crippen LogP contribution in [0.25, 0.3) is 0 Å². The van der Waals surface area contributed by atoms with Crippen LogP contribution in [0.1, 0.15) is 11.1 Å². The third-order valence-corrected chi connectivity index (χ3v) is 3.16. The first-order valence-corrected chi connectivity index (χ1v) is 5.39. The van der Waals surface area contributed by atoms with Gasteiger partial charge in [-0.05, 0) is 43.1 Å². The van der Waals surface area contributed by atoms with Gasteiger partial charge >= 0.3 is 0 Å². The number of nitrogens with one attached hydrogen (secondary N) is 2. The summed E-state index contributed by atoms with van der Waals surface area (Å²) in [6, 6.07) is 4.24. The third-order valence-electron chi connectivity index (χ3n) is 2.73. The molecule has 1 aromatic rings. The number of hydrogen-bond acceptors (Lipinski definition) is 2. The van der Waals surface area contributed by atoms with E-state index in [1.807, 2.05) is 7.05 Å². The van der Waals surface area contributed by atoms with Crippen molar-refractivity contribution in [2.24, 2.45) is 0 Å². The molecule has 0 aromatic heterocycles. The molecule has 0 fully saturated rings. The van der Waals surface area contributed by atoms with Crippen molar-refractivity contribution in [1.29, 1.82) is 0 Å². The van der Waals surface area contributed by atoms with Gasteiger partial charge in [-0.15, -0.1) is 12.4 Å². The Morgan fingerprint density at radius 2 is 2.00 bits per heavy atom. The lowest BCUT2D eigenvalue weighted by Gasteiger charge is -2.11. The lowest BCUT2D eigenvalue weighted by atomic mass is 10.0.